The summed E-state index contributed by atoms with van der Waals surface area (Å²) in [6.07, 6.45) is -0.836. The molecule has 0 fully saturated rings. The van der Waals surface area contributed by atoms with Gasteiger partial charge in [-0.1, -0.05) is 12.1 Å². The van der Waals surface area contributed by atoms with Crippen molar-refractivity contribution in [1.82, 2.24) is 15.8 Å². The van der Waals surface area contributed by atoms with Crippen molar-refractivity contribution >= 4 is 22.7 Å². The van der Waals surface area contributed by atoms with Gasteiger partial charge in [0.1, 0.15) is 6.61 Å². The zero-order valence-corrected chi connectivity index (χ0v) is 15.0. The van der Waals surface area contributed by atoms with Gasteiger partial charge in [0, 0.05) is 22.2 Å². The molecule has 3 N–H and O–H groups in total. The molecule has 1 atom stereocenters. The molecule has 138 valence electrons. The van der Waals surface area contributed by atoms with E-state index in [1.807, 2.05) is 26.0 Å². The number of hydrogen-bond acceptors (Lipinski definition) is 4. The topological polar surface area (TPSA) is 92.5 Å². The van der Waals surface area contributed by atoms with Crippen LogP contribution in [0.2, 0.25) is 0 Å². The Kier molecular flexibility index (Phi) is 4.19. The minimum atomic E-state index is -0.836. The van der Waals surface area contributed by atoms with Crippen molar-refractivity contribution in [3.05, 3.63) is 59.3 Å². The minimum Gasteiger partial charge on any atom is -0.485 e. The van der Waals surface area contributed by atoms with Gasteiger partial charge in [0.15, 0.2) is 11.5 Å². The fraction of sp³-hybridized carbons (Fsp3) is 0.200. The van der Waals surface area contributed by atoms with Gasteiger partial charge in [-0.15, -0.1) is 0 Å². The number of amides is 2. The van der Waals surface area contributed by atoms with E-state index < -0.39 is 17.9 Å². The van der Waals surface area contributed by atoms with Crippen LogP contribution in [-0.4, -0.2) is 29.5 Å². The third-order valence-corrected chi connectivity index (χ3v) is 4.67. The number of H-pyrrole nitrogens is 1. The normalized spacial score (nSPS) is 15.4. The molecule has 7 heteroatoms. The van der Waals surface area contributed by atoms with Gasteiger partial charge in [0.05, 0.1) is 0 Å². The van der Waals surface area contributed by atoms with Gasteiger partial charge < -0.3 is 14.5 Å². The van der Waals surface area contributed by atoms with Gasteiger partial charge in [0.25, 0.3) is 11.8 Å². The molecular formula is C20H19N3O4. The highest BCUT2D eigenvalue weighted by Gasteiger charge is 2.27. The molecule has 2 heterocycles. The van der Waals surface area contributed by atoms with E-state index >= 15 is 0 Å². The molecule has 0 saturated carbocycles. The number of para-hydroxylation sites is 2. The molecule has 1 unspecified atom stereocenters. The van der Waals surface area contributed by atoms with Gasteiger partial charge in [-0.3, -0.25) is 20.4 Å². The van der Waals surface area contributed by atoms with Crippen LogP contribution in [0.5, 0.6) is 11.5 Å². The Hall–Kier alpha value is -3.48. The lowest BCUT2D eigenvalue weighted by molar-refractivity contribution is -0.131. The predicted molar refractivity (Wildman–Crippen MR) is 99.7 cm³/mol. The number of aromatic amines is 1. The molecule has 7 nitrogen and oxygen atoms in total. The summed E-state index contributed by atoms with van der Waals surface area (Å²) in [5, 5.41) is 0.979. The molecule has 27 heavy (non-hydrogen) atoms. The number of fused-ring (bicyclic) bond motifs is 2. The fourth-order valence-corrected chi connectivity index (χ4v) is 3.02. The number of nitrogens with one attached hydrogen (secondary N) is 3. The van der Waals surface area contributed by atoms with Crippen molar-refractivity contribution in [2.75, 3.05) is 6.61 Å². The Balaban J connectivity index is 1.40. The van der Waals surface area contributed by atoms with E-state index in [1.54, 1.807) is 30.3 Å². The van der Waals surface area contributed by atoms with Gasteiger partial charge >= 0.3 is 0 Å². The molecular weight excluding hydrogens is 346 g/mol. The van der Waals surface area contributed by atoms with Crippen molar-refractivity contribution < 1.29 is 19.1 Å². The average Bonchev–Trinajstić information content (AvgIpc) is 2.98. The second-order valence-corrected chi connectivity index (χ2v) is 6.44. The van der Waals surface area contributed by atoms with Crippen LogP contribution in [0.3, 0.4) is 0 Å². The summed E-state index contributed by atoms with van der Waals surface area (Å²) in [6.45, 7) is 4.06. The first-order chi connectivity index (χ1) is 13.0. The minimum absolute atomic E-state index is 0.0759. The molecule has 1 aliphatic rings. The van der Waals surface area contributed by atoms with Crippen LogP contribution in [0.25, 0.3) is 10.9 Å². The van der Waals surface area contributed by atoms with Crippen molar-refractivity contribution in [3.63, 3.8) is 0 Å². The van der Waals surface area contributed by atoms with E-state index in [4.69, 9.17) is 9.47 Å². The van der Waals surface area contributed by atoms with E-state index in [9.17, 15) is 9.59 Å². The molecule has 0 radical (unpaired) electrons. The smallest absolute Gasteiger partial charge is 0.283 e. The lowest BCUT2D eigenvalue weighted by atomic mass is 10.1. The highest BCUT2D eigenvalue weighted by atomic mass is 16.6. The second kappa shape index (κ2) is 6.68. The number of hydrogen-bond donors (Lipinski definition) is 3. The zero-order valence-electron chi connectivity index (χ0n) is 15.0. The largest absolute Gasteiger partial charge is 0.485 e. The quantitative estimate of drug-likeness (QED) is 0.608. The van der Waals surface area contributed by atoms with Crippen LogP contribution in [0, 0.1) is 13.8 Å². The van der Waals surface area contributed by atoms with E-state index in [-0.39, 0.29) is 6.61 Å². The first-order valence-electron chi connectivity index (χ1n) is 8.60. The summed E-state index contributed by atoms with van der Waals surface area (Å²) in [5.74, 6) is 0.211. The summed E-state index contributed by atoms with van der Waals surface area (Å²) >= 11 is 0. The molecule has 4 rings (SSSR count). The summed E-state index contributed by atoms with van der Waals surface area (Å²) in [4.78, 5) is 27.9. The van der Waals surface area contributed by atoms with E-state index in [1.165, 1.54) is 0 Å². The van der Waals surface area contributed by atoms with Crippen molar-refractivity contribution in [1.29, 1.82) is 0 Å². The van der Waals surface area contributed by atoms with E-state index in [0.29, 0.717) is 17.1 Å². The first-order valence-corrected chi connectivity index (χ1v) is 8.60. The third-order valence-electron chi connectivity index (χ3n) is 4.67. The Morgan fingerprint density at radius 3 is 2.67 bits per heavy atom. The van der Waals surface area contributed by atoms with Crippen molar-refractivity contribution in [3.8, 4) is 11.5 Å². The second-order valence-electron chi connectivity index (χ2n) is 6.44. The number of hydrazine groups is 1. The van der Waals surface area contributed by atoms with Gasteiger partial charge in [-0.05, 0) is 49.7 Å². The number of aryl methyl sites for hydroxylation is 2. The van der Waals surface area contributed by atoms with Gasteiger partial charge in [-0.2, -0.15) is 0 Å². The summed E-state index contributed by atoms with van der Waals surface area (Å²) in [5.41, 5.74) is 8.40. The number of benzene rings is 2. The summed E-state index contributed by atoms with van der Waals surface area (Å²) in [6, 6.07) is 12.5. The third kappa shape index (κ3) is 3.19. The average molecular weight is 365 g/mol. The molecule has 0 spiro atoms. The zero-order chi connectivity index (χ0) is 19.0. The Morgan fingerprint density at radius 2 is 1.85 bits per heavy atom. The summed E-state index contributed by atoms with van der Waals surface area (Å²) in [7, 11) is 0. The molecule has 0 aliphatic carbocycles. The van der Waals surface area contributed by atoms with Crippen LogP contribution in [0.4, 0.5) is 0 Å². The van der Waals surface area contributed by atoms with Crippen LogP contribution >= 0.6 is 0 Å². The van der Waals surface area contributed by atoms with Crippen LogP contribution in [0.15, 0.2) is 42.5 Å². The number of rotatable bonds is 2. The van der Waals surface area contributed by atoms with Crippen LogP contribution < -0.4 is 20.3 Å². The number of carbonyl (C=O) groups is 2. The highest BCUT2D eigenvalue weighted by Crippen LogP contribution is 2.30. The first kappa shape index (κ1) is 17.0. The molecule has 1 aromatic heterocycles. The maximum Gasteiger partial charge on any atom is 0.283 e. The molecule has 0 bridgehead atoms. The number of aromatic nitrogens is 1. The lowest BCUT2D eigenvalue weighted by Gasteiger charge is -2.25. The molecule has 2 aromatic carbocycles. The predicted octanol–water partition coefficient (Wildman–Crippen LogP) is 2.39. The fourth-order valence-electron chi connectivity index (χ4n) is 3.02. The molecule has 0 saturated heterocycles. The van der Waals surface area contributed by atoms with E-state index in [0.717, 1.165) is 22.2 Å². The maximum absolute atomic E-state index is 12.4. The Bertz CT molecular complexity index is 1040. The summed E-state index contributed by atoms with van der Waals surface area (Å²) < 4.78 is 11.1. The Morgan fingerprint density at radius 1 is 1.07 bits per heavy atom. The number of carbonyl (C=O) groups excluding carboxylic acids is 2. The van der Waals surface area contributed by atoms with E-state index in [2.05, 4.69) is 15.8 Å². The Labute approximate surface area is 155 Å². The van der Waals surface area contributed by atoms with Gasteiger partial charge in [0.2, 0.25) is 6.10 Å². The molecule has 1 aliphatic heterocycles. The molecule has 2 amide bonds. The SMILES string of the molecule is Cc1[nH]c2ccc(C(=O)NNC(=O)C3COc4ccccc4O3)cc2c1C. The van der Waals surface area contributed by atoms with Crippen LogP contribution in [0.1, 0.15) is 21.6 Å². The van der Waals surface area contributed by atoms with Crippen molar-refractivity contribution in [2.45, 2.75) is 20.0 Å². The maximum atomic E-state index is 12.4. The lowest BCUT2D eigenvalue weighted by Crippen LogP contribution is -2.50. The standard InChI is InChI=1S/C20H19N3O4/c1-11-12(2)21-15-8-7-13(9-14(11)15)19(24)22-23-20(25)18-10-26-16-5-3-4-6-17(16)27-18/h3-9,18,21H,10H2,1-2H3,(H,22,24)(H,23,25). The van der Waals surface area contributed by atoms with Gasteiger partial charge in [-0.25, -0.2) is 0 Å². The molecule has 3 aromatic rings. The van der Waals surface area contributed by atoms with Crippen molar-refractivity contribution in [2.24, 2.45) is 0 Å². The monoisotopic (exact) mass is 365 g/mol. The van der Waals surface area contributed by atoms with Crippen LogP contribution in [-0.2, 0) is 4.79 Å². The number of ether oxygens (including phenoxy) is 2. The highest BCUT2D eigenvalue weighted by molar-refractivity contribution is 5.99.